The number of likely N-dealkylation sites (tertiary alicyclic amines) is 1. The Morgan fingerprint density at radius 1 is 1.11 bits per heavy atom. The number of amides is 2. The van der Waals surface area contributed by atoms with E-state index in [4.69, 9.17) is 11.6 Å². The Hall–Kier alpha value is -2.47. The number of hydrogen-bond donors (Lipinski definition) is 1. The van der Waals surface area contributed by atoms with Crippen LogP contribution in [0.15, 0.2) is 36.4 Å². The number of carbonyl (C=O) groups excluding carboxylic acids is 2. The molecular formula is C20H19ClF2N2O2. The van der Waals surface area contributed by atoms with Gasteiger partial charge in [0.2, 0.25) is 5.91 Å². The second-order valence-electron chi connectivity index (χ2n) is 6.66. The quantitative estimate of drug-likeness (QED) is 0.840. The topological polar surface area (TPSA) is 49.4 Å². The zero-order valence-electron chi connectivity index (χ0n) is 14.8. The summed E-state index contributed by atoms with van der Waals surface area (Å²) >= 11 is 6.14. The third kappa shape index (κ3) is 4.45. The van der Waals surface area contributed by atoms with E-state index in [9.17, 15) is 18.4 Å². The fraction of sp³-hybridized carbons (Fsp3) is 0.300. The lowest BCUT2D eigenvalue weighted by Gasteiger charge is -2.31. The summed E-state index contributed by atoms with van der Waals surface area (Å²) in [6.07, 6.45) is 0.924. The molecule has 0 bridgehead atoms. The molecule has 0 unspecified atom stereocenters. The van der Waals surface area contributed by atoms with Gasteiger partial charge >= 0.3 is 0 Å². The second-order valence-corrected chi connectivity index (χ2v) is 7.07. The number of piperidine rings is 1. The van der Waals surface area contributed by atoms with Gasteiger partial charge in [-0.1, -0.05) is 17.7 Å². The fourth-order valence-corrected chi connectivity index (χ4v) is 3.42. The van der Waals surface area contributed by atoms with Crippen LogP contribution < -0.4 is 5.32 Å². The van der Waals surface area contributed by atoms with Crippen molar-refractivity contribution >= 4 is 29.1 Å². The van der Waals surface area contributed by atoms with Crippen LogP contribution in [0.4, 0.5) is 14.5 Å². The third-order valence-electron chi connectivity index (χ3n) is 4.70. The number of aryl methyl sites for hydroxylation is 1. The molecule has 1 N–H and O–H groups in total. The van der Waals surface area contributed by atoms with Crippen molar-refractivity contribution in [2.45, 2.75) is 19.8 Å². The molecule has 0 saturated carbocycles. The van der Waals surface area contributed by atoms with Crippen molar-refractivity contribution in [1.82, 2.24) is 4.90 Å². The normalized spacial score (nSPS) is 14.9. The van der Waals surface area contributed by atoms with E-state index < -0.39 is 17.5 Å². The molecule has 4 nitrogen and oxygen atoms in total. The van der Waals surface area contributed by atoms with Crippen molar-refractivity contribution in [3.8, 4) is 0 Å². The molecule has 1 heterocycles. The molecule has 0 aliphatic carbocycles. The summed E-state index contributed by atoms with van der Waals surface area (Å²) in [7, 11) is 0. The number of anilines is 1. The van der Waals surface area contributed by atoms with Gasteiger partial charge in [0.1, 0.15) is 11.6 Å². The Morgan fingerprint density at radius 3 is 2.44 bits per heavy atom. The molecule has 2 aromatic rings. The minimum Gasteiger partial charge on any atom is -0.339 e. The van der Waals surface area contributed by atoms with Crippen molar-refractivity contribution in [1.29, 1.82) is 0 Å². The molecule has 1 saturated heterocycles. The molecule has 0 spiro atoms. The van der Waals surface area contributed by atoms with Crippen molar-refractivity contribution in [2.24, 2.45) is 5.92 Å². The van der Waals surface area contributed by atoms with E-state index >= 15 is 0 Å². The summed E-state index contributed by atoms with van der Waals surface area (Å²) in [5.41, 5.74) is 1.39. The van der Waals surface area contributed by atoms with E-state index in [1.54, 1.807) is 12.1 Å². The molecule has 1 aliphatic rings. The lowest BCUT2D eigenvalue weighted by Crippen LogP contribution is -2.41. The number of hydrogen-bond acceptors (Lipinski definition) is 2. The van der Waals surface area contributed by atoms with Crippen LogP contribution in [0.5, 0.6) is 0 Å². The van der Waals surface area contributed by atoms with Crippen molar-refractivity contribution in [3.05, 3.63) is 64.2 Å². The summed E-state index contributed by atoms with van der Waals surface area (Å²) < 4.78 is 26.8. The van der Waals surface area contributed by atoms with Crippen LogP contribution in [0.3, 0.4) is 0 Å². The maximum Gasteiger partial charge on any atom is 0.256 e. The van der Waals surface area contributed by atoms with Gasteiger partial charge in [0.15, 0.2) is 0 Å². The summed E-state index contributed by atoms with van der Waals surface area (Å²) in [6, 6.07) is 8.28. The second kappa shape index (κ2) is 8.05. The van der Waals surface area contributed by atoms with E-state index in [0.29, 0.717) is 42.7 Å². The number of carbonyl (C=O) groups is 2. The Labute approximate surface area is 161 Å². The van der Waals surface area contributed by atoms with E-state index in [0.717, 1.165) is 17.7 Å². The number of nitrogens with zero attached hydrogens (tertiary/aromatic N) is 1. The highest BCUT2D eigenvalue weighted by atomic mass is 35.5. The van der Waals surface area contributed by atoms with E-state index in [2.05, 4.69) is 5.32 Å². The molecule has 1 fully saturated rings. The molecule has 142 valence electrons. The van der Waals surface area contributed by atoms with Gasteiger partial charge in [-0.05, 0) is 49.6 Å². The first kappa shape index (κ1) is 19.3. The van der Waals surface area contributed by atoms with Gasteiger partial charge in [-0.2, -0.15) is 0 Å². The van der Waals surface area contributed by atoms with E-state index in [1.165, 1.54) is 4.90 Å². The Balaban J connectivity index is 1.59. The van der Waals surface area contributed by atoms with Gasteiger partial charge < -0.3 is 10.2 Å². The van der Waals surface area contributed by atoms with Crippen LogP contribution in [0.2, 0.25) is 5.02 Å². The monoisotopic (exact) mass is 392 g/mol. The van der Waals surface area contributed by atoms with Gasteiger partial charge in [0.25, 0.3) is 5.91 Å². The van der Waals surface area contributed by atoms with E-state index in [1.807, 2.05) is 13.0 Å². The molecule has 3 rings (SSSR count). The highest BCUT2D eigenvalue weighted by Gasteiger charge is 2.29. The maximum atomic E-state index is 13.8. The van der Waals surface area contributed by atoms with Crippen LogP contribution in [-0.4, -0.2) is 29.8 Å². The lowest BCUT2D eigenvalue weighted by molar-refractivity contribution is -0.121. The average Bonchev–Trinajstić information content (AvgIpc) is 2.63. The maximum absolute atomic E-state index is 13.8. The highest BCUT2D eigenvalue weighted by molar-refractivity contribution is 6.33. The SMILES string of the molecule is Cc1ccc(NC(=O)C2CCN(C(=O)c3ccc(F)cc3F)CC2)c(Cl)c1. The molecule has 27 heavy (non-hydrogen) atoms. The first-order valence-electron chi connectivity index (χ1n) is 8.66. The standard InChI is InChI=1S/C20H19ClF2N2O2/c1-12-2-5-18(16(21)10-12)24-19(26)13-6-8-25(9-7-13)20(27)15-4-3-14(22)11-17(15)23/h2-5,10-11,13H,6-9H2,1H3,(H,24,26). The predicted octanol–water partition coefficient (Wildman–Crippen LogP) is 4.42. The summed E-state index contributed by atoms with van der Waals surface area (Å²) in [5.74, 6) is -2.51. The first-order valence-corrected chi connectivity index (χ1v) is 9.04. The minimum absolute atomic E-state index is 0.152. The lowest BCUT2D eigenvalue weighted by atomic mass is 9.95. The average molecular weight is 393 g/mol. The summed E-state index contributed by atoms with van der Waals surface area (Å²) in [6.45, 7) is 2.57. The number of nitrogens with one attached hydrogen (secondary N) is 1. The molecule has 7 heteroatoms. The predicted molar refractivity (Wildman–Crippen MR) is 99.8 cm³/mol. The van der Waals surface area contributed by atoms with Gasteiger partial charge in [-0.3, -0.25) is 9.59 Å². The van der Waals surface area contributed by atoms with E-state index in [-0.39, 0.29) is 17.4 Å². The van der Waals surface area contributed by atoms with Crippen molar-refractivity contribution in [3.63, 3.8) is 0 Å². The Morgan fingerprint density at radius 2 is 1.81 bits per heavy atom. The molecule has 0 atom stereocenters. The summed E-state index contributed by atoms with van der Waals surface area (Å²) in [4.78, 5) is 26.4. The van der Waals surface area contributed by atoms with Gasteiger partial charge in [0, 0.05) is 25.1 Å². The smallest absolute Gasteiger partial charge is 0.256 e. The van der Waals surface area contributed by atoms with Gasteiger partial charge in [-0.25, -0.2) is 8.78 Å². The Bertz CT molecular complexity index is 880. The zero-order chi connectivity index (χ0) is 19.6. The zero-order valence-corrected chi connectivity index (χ0v) is 15.5. The van der Waals surface area contributed by atoms with Crippen LogP contribution in [-0.2, 0) is 4.79 Å². The first-order chi connectivity index (χ1) is 12.8. The van der Waals surface area contributed by atoms with Gasteiger partial charge in [0.05, 0.1) is 16.3 Å². The molecule has 2 amide bonds. The molecule has 1 aliphatic heterocycles. The third-order valence-corrected chi connectivity index (χ3v) is 5.01. The fourth-order valence-electron chi connectivity index (χ4n) is 3.13. The summed E-state index contributed by atoms with van der Waals surface area (Å²) in [5, 5.41) is 3.30. The van der Waals surface area contributed by atoms with Crippen LogP contribution in [0, 0.1) is 24.5 Å². The Kier molecular flexibility index (Phi) is 5.75. The van der Waals surface area contributed by atoms with Crippen LogP contribution >= 0.6 is 11.6 Å². The van der Waals surface area contributed by atoms with Crippen LogP contribution in [0.1, 0.15) is 28.8 Å². The minimum atomic E-state index is -0.881. The van der Waals surface area contributed by atoms with Crippen LogP contribution in [0.25, 0.3) is 0 Å². The van der Waals surface area contributed by atoms with Gasteiger partial charge in [-0.15, -0.1) is 0 Å². The molecule has 0 aromatic heterocycles. The largest absolute Gasteiger partial charge is 0.339 e. The van der Waals surface area contributed by atoms with Crippen molar-refractivity contribution in [2.75, 3.05) is 18.4 Å². The number of halogens is 3. The molecular weight excluding hydrogens is 374 g/mol. The molecule has 2 aromatic carbocycles. The van der Waals surface area contributed by atoms with Crippen molar-refractivity contribution < 1.29 is 18.4 Å². The number of rotatable bonds is 3. The number of benzene rings is 2. The molecule has 0 radical (unpaired) electrons. The highest BCUT2D eigenvalue weighted by Crippen LogP contribution is 2.26.